The highest BCUT2D eigenvalue weighted by Crippen LogP contribution is 2.15. The van der Waals surface area contributed by atoms with E-state index >= 15 is 0 Å². The Morgan fingerprint density at radius 2 is 1.95 bits per heavy atom. The third-order valence-electron chi connectivity index (χ3n) is 2.96. The van der Waals surface area contributed by atoms with E-state index in [2.05, 4.69) is 5.32 Å². The molecule has 2 aromatic rings. The minimum absolute atomic E-state index is 0.239. The van der Waals surface area contributed by atoms with Gasteiger partial charge in [0.1, 0.15) is 12.0 Å². The van der Waals surface area contributed by atoms with Crippen LogP contribution >= 0.6 is 0 Å². The van der Waals surface area contributed by atoms with Gasteiger partial charge in [-0.3, -0.25) is 9.59 Å². The molecule has 1 unspecified atom stereocenters. The molecule has 4 heteroatoms. The van der Waals surface area contributed by atoms with E-state index in [-0.39, 0.29) is 5.91 Å². The summed E-state index contributed by atoms with van der Waals surface area (Å²) >= 11 is 0. The predicted octanol–water partition coefficient (Wildman–Crippen LogP) is 3.21. The lowest BCUT2D eigenvalue weighted by Gasteiger charge is -2.15. The van der Waals surface area contributed by atoms with Gasteiger partial charge in [0.15, 0.2) is 6.10 Å². The lowest BCUT2D eigenvalue weighted by molar-refractivity contribution is -0.122. The second kappa shape index (κ2) is 6.70. The van der Waals surface area contributed by atoms with Gasteiger partial charge in [-0.2, -0.15) is 0 Å². The molecule has 0 saturated heterocycles. The highest BCUT2D eigenvalue weighted by molar-refractivity contribution is 5.94. The van der Waals surface area contributed by atoms with Crippen LogP contribution in [0.4, 0.5) is 5.69 Å². The highest BCUT2D eigenvalue weighted by atomic mass is 16.5. The normalized spacial score (nSPS) is 11.5. The van der Waals surface area contributed by atoms with Crippen LogP contribution in [0.2, 0.25) is 0 Å². The number of anilines is 1. The topological polar surface area (TPSA) is 55.4 Å². The first kappa shape index (κ1) is 14.8. The molecule has 2 aromatic carbocycles. The average Bonchev–Trinajstić information content (AvgIpc) is 2.47. The summed E-state index contributed by atoms with van der Waals surface area (Å²) in [4.78, 5) is 22.8. The number of carbonyl (C=O) groups excluding carboxylic acids is 2. The standard InChI is InChI=1S/C17H17NO3/c1-12-5-3-7-15(9-12)18-17(20)13(2)21-16-8-4-6-14(10-16)11-19/h3-11,13H,1-2H3,(H,18,20). The zero-order chi connectivity index (χ0) is 15.2. The summed E-state index contributed by atoms with van der Waals surface area (Å²) in [6.45, 7) is 3.62. The van der Waals surface area contributed by atoms with Crippen molar-refractivity contribution < 1.29 is 14.3 Å². The SMILES string of the molecule is Cc1cccc(NC(=O)C(C)Oc2cccc(C=O)c2)c1. The summed E-state index contributed by atoms with van der Waals surface area (Å²) in [7, 11) is 0. The first-order valence-electron chi connectivity index (χ1n) is 6.68. The fourth-order valence-corrected chi connectivity index (χ4v) is 1.89. The Balaban J connectivity index is 2.00. The molecular weight excluding hydrogens is 266 g/mol. The van der Waals surface area contributed by atoms with Gasteiger partial charge in [-0.25, -0.2) is 0 Å². The Morgan fingerprint density at radius 1 is 1.19 bits per heavy atom. The van der Waals surface area contributed by atoms with Gasteiger partial charge in [0.2, 0.25) is 0 Å². The number of ether oxygens (including phenoxy) is 1. The first-order valence-corrected chi connectivity index (χ1v) is 6.68. The zero-order valence-corrected chi connectivity index (χ0v) is 12.0. The second-order valence-corrected chi connectivity index (χ2v) is 4.81. The molecular formula is C17H17NO3. The Kier molecular flexibility index (Phi) is 4.72. The molecule has 0 spiro atoms. The molecule has 0 fully saturated rings. The molecule has 0 aliphatic heterocycles. The molecule has 0 radical (unpaired) electrons. The Morgan fingerprint density at radius 3 is 2.67 bits per heavy atom. The molecule has 0 aromatic heterocycles. The van der Waals surface area contributed by atoms with Gasteiger partial charge in [0, 0.05) is 11.3 Å². The van der Waals surface area contributed by atoms with Gasteiger partial charge < -0.3 is 10.1 Å². The molecule has 1 N–H and O–H groups in total. The number of hydrogen-bond acceptors (Lipinski definition) is 3. The summed E-state index contributed by atoms with van der Waals surface area (Å²) in [5.74, 6) is 0.253. The summed E-state index contributed by atoms with van der Waals surface area (Å²) in [6, 6.07) is 14.3. The average molecular weight is 283 g/mol. The molecule has 21 heavy (non-hydrogen) atoms. The number of rotatable bonds is 5. The van der Waals surface area contributed by atoms with Crippen LogP contribution in [0.5, 0.6) is 5.75 Å². The Bertz CT molecular complexity index is 652. The predicted molar refractivity (Wildman–Crippen MR) is 81.7 cm³/mol. The molecule has 108 valence electrons. The number of hydrogen-bond donors (Lipinski definition) is 1. The van der Waals surface area contributed by atoms with Crippen molar-refractivity contribution in [1.82, 2.24) is 0 Å². The molecule has 4 nitrogen and oxygen atoms in total. The largest absolute Gasteiger partial charge is 0.481 e. The minimum Gasteiger partial charge on any atom is -0.481 e. The van der Waals surface area contributed by atoms with Gasteiger partial charge in [0.25, 0.3) is 5.91 Å². The van der Waals surface area contributed by atoms with Crippen molar-refractivity contribution in [3.8, 4) is 5.75 Å². The van der Waals surface area contributed by atoms with Crippen LogP contribution in [0, 0.1) is 6.92 Å². The second-order valence-electron chi connectivity index (χ2n) is 4.81. The van der Waals surface area contributed by atoms with Crippen LogP contribution in [-0.4, -0.2) is 18.3 Å². The minimum atomic E-state index is -0.660. The smallest absolute Gasteiger partial charge is 0.265 e. The number of aldehydes is 1. The highest BCUT2D eigenvalue weighted by Gasteiger charge is 2.15. The van der Waals surface area contributed by atoms with Crippen LogP contribution in [-0.2, 0) is 4.79 Å². The number of benzene rings is 2. The number of amides is 1. The van der Waals surface area contributed by atoms with Gasteiger partial charge >= 0.3 is 0 Å². The van der Waals surface area contributed by atoms with Crippen LogP contribution in [0.15, 0.2) is 48.5 Å². The first-order chi connectivity index (χ1) is 10.1. The van der Waals surface area contributed by atoms with E-state index in [1.165, 1.54) is 0 Å². The van der Waals surface area contributed by atoms with E-state index in [1.807, 2.05) is 31.2 Å². The molecule has 0 aliphatic carbocycles. The molecule has 1 amide bonds. The maximum Gasteiger partial charge on any atom is 0.265 e. The van der Waals surface area contributed by atoms with E-state index < -0.39 is 6.10 Å². The van der Waals surface area contributed by atoms with E-state index in [4.69, 9.17) is 4.74 Å². The maximum atomic E-state index is 12.1. The van der Waals surface area contributed by atoms with Gasteiger partial charge in [-0.15, -0.1) is 0 Å². The zero-order valence-electron chi connectivity index (χ0n) is 12.0. The fourth-order valence-electron chi connectivity index (χ4n) is 1.89. The van der Waals surface area contributed by atoms with E-state index in [1.54, 1.807) is 31.2 Å². The molecule has 1 atom stereocenters. The number of nitrogens with one attached hydrogen (secondary N) is 1. The lowest BCUT2D eigenvalue weighted by atomic mass is 10.2. The molecule has 0 saturated carbocycles. The fraction of sp³-hybridized carbons (Fsp3) is 0.176. The van der Waals surface area contributed by atoms with Crippen LogP contribution in [0.1, 0.15) is 22.8 Å². The quantitative estimate of drug-likeness (QED) is 0.857. The van der Waals surface area contributed by atoms with Crippen LogP contribution in [0.25, 0.3) is 0 Å². The Labute approximate surface area is 123 Å². The summed E-state index contributed by atoms with van der Waals surface area (Å²) in [6.07, 6.45) is 0.0806. The lowest BCUT2D eigenvalue weighted by Crippen LogP contribution is -2.30. The van der Waals surface area contributed by atoms with Crippen molar-refractivity contribution in [1.29, 1.82) is 0 Å². The summed E-state index contributed by atoms with van der Waals surface area (Å²) in [5.41, 5.74) is 2.32. The van der Waals surface area contributed by atoms with Crippen molar-refractivity contribution in [2.45, 2.75) is 20.0 Å². The van der Waals surface area contributed by atoms with Crippen molar-refractivity contribution >= 4 is 17.9 Å². The van der Waals surface area contributed by atoms with Crippen LogP contribution in [0.3, 0.4) is 0 Å². The molecule has 0 aliphatic rings. The number of carbonyl (C=O) groups is 2. The van der Waals surface area contributed by atoms with Gasteiger partial charge in [-0.1, -0.05) is 24.3 Å². The van der Waals surface area contributed by atoms with Crippen molar-refractivity contribution in [2.24, 2.45) is 0 Å². The van der Waals surface area contributed by atoms with Gasteiger partial charge in [-0.05, 0) is 43.7 Å². The third-order valence-corrected chi connectivity index (χ3v) is 2.96. The summed E-state index contributed by atoms with van der Waals surface area (Å²) < 4.78 is 5.55. The van der Waals surface area contributed by atoms with E-state index in [0.29, 0.717) is 11.3 Å². The van der Waals surface area contributed by atoms with Crippen LogP contribution < -0.4 is 10.1 Å². The van der Waals surface area contributed by atoms with Gasteiger partial charge in [0.05, 0.1) is 0 Å². The number of aryl methyl sites for hydroxylation is 1. The molecule has 0 bridgehead atoms. The van der Waals surface area contributed by atoms with E-state index in [9.17, 15) is 9.59 Å². The molecule has 2 rings (SSSR count). The third kappa shape index (κ3) is 4.18. The molecule has 0 heterocycles. The van der Waals surface area contributed by atoms with Crippen molar-refractivity contribution in [2.75, 3.05) is 5.32 Å². The Hall–Kier alpha value is -2.62. The summed E-state index contributed by atoms with van der Waals surface area (Å²) in [5, 5.41) is 2.80. The van der Waals surface area contributed by atoms with Crippen molar-refractivity contribution in [3.05, 3.63) is 59.7 Å². The maximum absolute atomic E-state index is 12.1. The van der Waals surface area contributed by atoms with Crippen molar-refractivity contribution in [3.63, 3.8) is 0 Å². The van der Waals surface area contributed by atoms with E-state index in [0.717, 1.165) is 17.5 Å². The monoisotopic (exact) mass is 283 g/mol.